The predicted molar refractivity (Wildman–Crippen MR) is 80.1 cm³/mol. The lowest BCUT2D eigenvalue weighted by atomic mass is 9.99. The first-order valence-corrected chi connectivity index (χ1v) is 7.20. The molecule has 1 aromatic carbocycles. The van der Waals surface area contributed by atoms with E-state index < -0.39 is 0 Å². The summed E-state index contributed by atoms with van der Waals surface area (Å²) in [5, 5.41) is 7.09. The molecule has 0 bridgehead atoms. The van der Waals surface area contributed by atoms with Crippen molar-refractivity contribution in [1.29, 1.82) is 0 Å². The molecule has 0 saturated carbocycles. The highest BCUT2D eigenvalue weighted by Crippen LogP contribution is 2.20. The molecule has 0 aliphatic rings. The number of carbonyl (C=O) groups excluding carboxylic acids is 1. The molecule has 0 aliphatic carbocycles. The Morgan fingerprint density at radius 1 is 1.26 bits per heavy atom. The number of amides is 1. The Morgan fingerprint density at radius 2 is 2.05 bits per heavy atom. The van der Waals surface area contributed by atoms with Crippen molar-refractivity contribution in [3.05, 3.63) is 52.2 Å². The van der Waals surface area contributed by atoms with Gasteiger partial charge in [-0.2, -0.15) is 11.3 Å². The van der Waals surface area contributed by atoms with Gasteiger partial charge in [-0.3, -0.25) is 4.79 Å². The van der Waals surface area contributed by atoms with E-state index in [9.17, 15) is 4.79 Å². The van der Waals surface area contributed by atoms with Crippen molar-refractivity contribution >= 4 is 22.9 Å². The summed E-state index contributed by atoms with van der Waals surface area (Å²) in [6, 6.07) is 9.52. The minimum atomic E-state index is -0.204. The SMILES string of the molecule is CC(NC(=O)C(C)c1cccc(N)c1)c1ccsc1. The number of rotatable bonds is 4. The van der Waals surface area contributed by atoms with Crippen LogP contribution in [0.5, 0.6) is 0 Å². The predicted octanol–water partition coefficient (Wildman–Crippen LogP) is 3.31. The normalized spacial score (nSPS) is 13.8. The second-order valence-electron chi connectivity index (χ2n) is 4.68. The molecule has 0 radical (unpaired) electrons. The van der Waals surface area contributed by atoms with Crippen molar-refractivity contribution in [2.24, 2.45) is 0 Å². The van der Waals surface area contributed by atoms with Gasteiger partial charge in [0.25, 0.3) is 0 Å². The van der Waals surface area contributed by atoms with Crippen LogP contribution in [0.3, 0.4) is 0 Å². The first-order valence-electron chi connectivity index (χ1n) is 6.26. The monoisotopic (exact) mass is 274 g/mol. The van der Waals surface area contributed by atoms with Gasteiger partial charge in [0, 0.05) is 5.69 Å². The standard InChI is InChI=1S/C15H18N2OS/c1-10(12-4-3-5-14(16)8-12)15(18)17-11(2)13-6-7-19-9-13/h3-11H,16H2,1-2H3,(H,17,18). The number of hydrogen-bond acceptors (Lipinski definition) is 3. The van der Waals surface area contributed by atoms with Gasteiger partial charge in [0.1, 0.15) is 0 Å². The molecule has 2 rings (SSSR count). The van der Waals surface area contributed by atoms with Crippen molar-refractivity contribution in [2.45, 2.75) is 25.8 Å². The van der Waals surface area contributed by atoms with Gasteiger partial charge in [-0.1, -0.05) is 12.1 Å². The van der Waals surface area contributed by atoms with Gasteiger partial charge in [0.2, 0.25) is 5.91 Å². The zero-order chi connectivity index (χ0) is 13.8. The molecule has 19 heavy (non-hydrogen) atoms. The van der Waals surface area contributed by atoms with Crippen molar-refractivity contribution in [3.63, 3.8) is 0 Å². The van der Waals surface area contributed by atoms with E-state index >= 15 is 0 Å². The van der Waals surface area contributed by atoms with Crippen molar-refractivity contribution < 1.29 is 4.79 Å². The molecule has 0 spiro atoms. The molecule has 3 N–H and O–H groups in total. The number of nitrogen functional groups attached to an aromatic ring is 1. The van der Waals surface area contributed by atoms with Gasteiger partial charge >= 0.3 is 0 Å². The molecular formula is C15H18N2OS. The fourth-order valence-electron chi connectivity index (χ4n) is 1.92. The number of thiophene rings is 1. The molecule has 1 heterocycles. The molecule has 3 nitrogen and oxygen atoms in total. The average Bonchev–Trinajstić information content (AvgIpc) is 2.91. The Kier molecular flexibility index (Phi) is 4.22. The third-order valence-corrected chi connectivity index (χ3v) is 3.91. The third kappa shape index (κ3) is 3.35. The lowest BCUT2D eigenvalue weighted by molar-refractivity contribution is -0.122. The second-order valence-corrected chi connectivity index (χ2v) is 5.46. The largest absolute Gasteiger partial charge is 0.399 e. The van der Waals surface area contributed by atoms with Gasteiger partial charge < -0.3 is 11.1 Å². The summed E-state index contributed by atoms with van der Waals surface area (Å²) in [6.45, 7) is 3.89. The molecule has 2 aromatic rings. The molecule has 2 atom stereocenters. The van der Waals surface area contributed by atoms with Gasteiger partial charge in [0.15, 0.2) is 0 Å². The highest BCUT2D eigenvalue weighted by Gasteiger charge is 2.18. The summed E-state index contributed by atoms with van der Waals surface area (Å²) in [5.41, 5.74) is 8.50. The van der Waals surface area contributed by atoms with E-state index in [1.54, 1.807) is 11.3 Å². The Morgan fingerprint density at radius 3 is 2.68 bits per heavy atom. The van der Waals surface area contributed by atoms with Crippen molar-refractivity contribution in [2.75, 3.05) is 5.73 Å². The number of benzene rings is 1. The molecule has 1 aromatic heterocycles. The Balaban J connectivity index is 2.04. The zero-order valence-corrected chi connectivity index (χ0v) is 11.9. The first-order chi connectivity index (χ1) is 9.08. The highest BCUT2D eigenvalue weighted by atomic mass is 32.1. The summed E-state index contributed by atoms with van der Waals surface area (Å²) in [4.78, 5) is 12.2. The number of hydrogen-bond donors (Lipinski definition) is 2. The Hall–Kier alpha value is -1.81. The van der Waals surface area contributed by atoms with Crippen LogP contribution in [0.25, 0.3) is 0 Å². The molecule has 4 heteroatoms. The van der Waals surface area contributed by atoms with Crippen molar-refractivity contribution in [3.8, 4) is 0 Å². The van der Waals surface area contributed by atoms with Crippen LogP contribution in [0.4, 0.5) is 5.69 Å². The molecule has 0 fully saturated rings. The summed E-state index contributed by atoms with van der Waals surface area (Å²) in [6.07, 6.45) is 0. The van der Waals surface area contributed by atoms with Gasteiger partial charge in [-0.15, -0.1) is 0 Å². The minimum Gasteiger partial charge on any atom is -0.399 e. The smallest absolute Gasteiger partial charge is 0.227 e. The van der Waals surface area contributed by atoms with Gasteiger partial charge in [-0.25, -0.2) is 0 Å². The second kappa shape index (κ2) is 5.89. The summed E-state index contributed by atoms with van der Waals surface area (Å²) in [7, 11) is 0. The summed E-state index contributed by atoms with van der Waals surface area (Å²) >= 11 is 1.63. The number of nitrogens with one attached hydrogen (secondary N) is 1. The number of carbonyl (C=O) groups is 1. The van der Waals surface area contributed by atoms with E-state index in [0.29, 0.717) is 5.69 Å². The minimum absolute atomic E-state index is 0.0179. The number of anilines is 1. The molecule has 2 unspecified atom stereocenters. The van der Waals surface area contributed by atoms with Crippen molar-refractivity contribution in [1.82, 2.24) is 5.32 Å². The lowest BCUT2D eigenvalue weighted by Crippen LogP contribution is -2.30. The Labute approximate surface area is 117 Å². The highest BCUT2D eigenvalue weighted by molar-refractivity contribution is 7.07. The maximum absolute atomic E-state index is 12.2. The van der Waals surface area contributed by atoms with E-state index in [1.165, 1.54) is 0 Å². The van der Waals surface area contributed by atoms with Crippen LogP contribution in [-0.2, 0) is 4.79 Å². The van der Waals surface area contributed by atoms with E-state index in [-0.39, 0.29) is 17.9 Å². The fraction of sp³-hybridized carbons (Fsp3) is 0.267. The quantitative estimate of drug-likeness (QED) is 0.840. The maximum atomic E-state index is 12.2. The molecule has 0 saturated heterocycles. The third-order valence-electron chi connectivity index (χ3n) is 3.21. The first kappa shape index (κ1) is 13.6. The van der Waals surface area contributed by atoms with E-state index in [4.69, 9.17) is 5.73 Å². The van der Waals surface area contributed by atoms with E-state index in [1.807, 2.05) is 49.6 Å². The topological polar surface area (TPSA) is 55.1 Å². The fourth-order valence-corrected chi connectivity index (χ4v) is 2.68. The van der Waals surface area contributed by atoms with Crippen LogP contribution in [0.15, 0.2) is 41.1 Å². The molecule has 1 amide bonds. The number of nitrogens with two attached hydrogens (primary N) is 1. The van der Waals surface area contributed by atoms with Crippen LogP contribution >= 0.6 is 11.3 Å². The van der Waals surface area contributed by atoms with E-state index in [0.717, 1.165) is 11.1 Å². The maximum Gasteiger partial charge on any atom is 0.227 e. The van der Waals surface area contributed by atoms with Gasteiger partial charge in [-0.05, 0) is 53.9 Å². The molecule has 0 aliphatic heterocycles. The summed E-state index contributed by atoms with van der Waals surface area (Å²) < 4.78 is 0. The van der Waals surface area contributed by atoms with Crippen LogP contribution in [0.2, 0.25) is 0 Å². The lowest BCUT2D eigenvalue weighted by Gasteiger charge is -2.17. The molecular weight excluding hydrogens is 256 g/mol. The molecule has 100 valence electrons. The van der Waals surface area contributed by atoms with Crippen LogP contribution in [-0.4, -0.2) is 5.91 Å². The Bertz CT molecular complexity index is 551. The van der Waals surface area contributed by atoms with Gasteiger partial charge in [0.05, 0.1) is 12.0 Å². The van der Waals surface area contributed by atoms with E-state index in [2.05, 4.69) is 10.7 Å². The average molecular weight is 274 g/mol. The summed E-state index contributed by atoms with van der Waals surface area (Å²) in [5.74, 6) is -0.186. The zero-order valence-electron chi connectivity index (χ0n) is 11.1. The van der Waals surface area contributed by atoms with Crippen LogP contribution < -0.4 is 11.1 Å². The van der Waals surface area contributed by atoms with Crippen LogP contribution in [0.1, 0.15) is 36.9 Å². The van der Waals surface area contributed by atoms with Crippen LogP contribution in [0, 0.1) is 0 Å².